The largest absolute Gasteiger partial charge is 0.348 e. The summed E-state index contributed by atoms with van der Waals surface area (Å²) in [7, 11) is -3.82. The van der Waals surface area contributed by atoms with E-state index in [0.29, 0.717) is 12.1 Å². The molecule has 6 heteroatoms. The second-order valence-electron chi connectivity index (χ2n) is 3.02. The van der Waals surface area contributed by atoms with Crippen LogP contribution < -0.4 is 10.5 Å². The van der Waals surface area contributed by atoms with E-state index in [1.54, 1.807) is 12.1 Å². The fourth-order valence-electron chi connectivity index (χ4n) is 1.48. The number of carbonyl (C=O) groups excluding carboxylic acids is 1. The summed E-state index contributed by atoms with van der Waals surface area (Å²) in [6.45, 7) is 0.359. The Morgan fingerprint density at radius 1 is 1.36 bits per heavy atom. The van der Waals surface area contributed by atoms with Gasteiger partial charge in [-0.3, -0.25) is 4.79 Å². The third-order valence-electron chi connectivity index (χ3n) is 2.09. The molecule has 5 nitrogen and oxygen atoms in total. The number of carbonyl (C=O) groups is 1. The lowest BCUT2D eigenvalue weighted by atomic mass is 10.1. The monoisotopic (exact) mass is 212 g/mol. The van der Waals surface area contributed by atoms with Crippen LogP contribution in [0.1, 0.15) is 15.9 Å². The predicted molar refractivity (Wildman–Crippen MR) is 49.0 cm³/mol. The van der Waals surface area contributed by atoms with Crippen LogP contribution in [0.25, 0.3) is 0 Å². The number of sulfonamides is 1. The number of primary sulfonamides is 1. The average molecular weight is 212 g/mol. The second kappa shape index (κ2) is 2.79. The fraction of sp³-hybridized carbons (Fsp3) is 0.125. The molecule has 1 aromatic carbocycles. The normalized spacial score (nSPS) is 15.1. The topological polar surface area (TPSA) is 89.3 Å². The molecule has 0 unspecified atom stereocenters. The van der Waals surface area contributed by atoms with E-state index in [-0.39, 0.29) is 16.4 Å². The number of rotatable bonds is 1. The van der Waals surface area contributed by atoms with Gasteiger partial charge in [0.2, 0.25) is 10.0 Å². The molecule has 0 spiro atoms. The van der Waals surface area contributed by atoms with Gasteiger partial charge < -0.3 is 5.32 Å². The molecule has 0 saturated heterocycles. The minimum atomic E-state index is -3.82. The van der Waals surface area contributed by atoms with Crippen LogP contribution in [-0.4, -0.2) is 14.3 Å². The van der Waals surface area contributed by atoms with Gasteiger partial charge in [-0.15, -0.1) is 0 Å². The van der Waals surface area contributed by atoms with Gasteiger partial charge in [0.05, 0.1) is 10.5 Å². The summed E-state index contributed by atoms with van der Waals surface area (Å²) in [6.07, 6.45) is 0. The van der Waals surface area contributed by atoms with Gasteiger partial charge in [-0.05, 0) is 11.6 Å². The van der Waals surface area contributed by atoms with Crippen LogP contribution in [0, 0.1) is 0 Å². The summed E-state index contributed by atoms with van der Waals surface area (Å²) in [6, 6.07) is 4.60. The highest BCUT2D eigenvalue weighted by atomic mass is 32.2. The molecule has 0 radical (unpaired) electrons. The Morgan fingerprint density at radius 3 is 2.71 bits per heavy atom. The first-order valence-electron chi connectivity index (χ1n) is 3.93. The molecule has 74 valence electrons. The second-order valence-corrected chi connectivity index (χ2v) is 4.55. The lowest BCUT2D eigenvalue weighted by molar-refractivity contribution is 0.0963. The van der Waals surface area contributed by atoms with E-state index in [1.807, 2.05) is 0 Å². The number of nitrogens with one attached hydrogen (secondary N) is 1. The van der Waals surface area contributed by atoms with Crippen molar-refractivity contribution < 1.29 is 13.2 Å². The molecule has 0 saturated carbocycles. The van der Waals surface area contributed by atoms with Crippen LogP contribution in [0.3, 0.4) is 0 Å². The molecule has 1 heterocycles. The SMILES string of the molecule is NS(=O)(=O)c1cccc2c1C(=O)NC2. The van der Waals surface area contributed by atoms with Crippen molar-refractivity contribution in [1.29, 1.82) is 0 Å². The number of hydrogen-bond acceptors (Lipinski definition) is 3. The first-order valence-corrected chi connectivity index (χ1v) is 5.47. The zero-order valence-electron chi connectivity index (χ0n) is 7.15. The molecule has 1 aromatic rings. The fourth-order valence-corrected chi connectivity index (χ4v) is 2.26. The van der Waals surface area contributed by atoms with Crippen molar-refractivity contribution in [3.05, 3.63) is 29.3 Å². The summed E-state index contributed by atoms with van der Waals surface area (Å²) in [5.74, 6) is -0.385. The lowest BCUT2D eigenvalue weighted by Gasteiger charge is -2.02. The van der Waals surface area contributed by atoms with E-state index in [0.717, 1.165) is 0 Å². The molecule has 0 fully saturated rings. The highest BCUT2D eigenvalue weighted by molar-refractivity contribution is 7.89. The molecule has 0 atom stereocenters. The van der Waals surface area contributed by atoms with Crippen molar-refractivity contribution in [3.8, 4) is 0 Å². The van der Waals surface area contributed by atoms with Gasteiger partial charge in [0.15, 0.2) is 0 Å². The molecule has 1 amide bonds. The predicted octanol–water partition coefficient (Wildman–Crippen LogP) is -0.423. The molecular formula is C8H8N2O3S. The Kier molecular flexibility index (Phi) is 1.83. The Labute approximate surface area is 81.0 Å². The zero-order chi connectivity index (χ0) is 10.3. The maximum Gasteiger partial charge on any atom is 0.253 e. The number of benzene rings is 1. The summed E-state index contributed by atoms with van der Waals surface area (Å²) in [5, 5.41) is 7.52. The van der Waals surface area contributed by atoms with Gasteiger partial charge >= 0.3 is 0 Å². The van der Waals surface area contributed by atoms with E-state index < -0.39 is 10.0 Å². The van der Waals surface area contributed by atoms with E-state index in [4.69, 9.17) is 5.14 Å². The Bertz CT molecular complexity index is 507. The van der Waals surface area contributed by atoms with Gasteiger partial charge in [-0.2, -0.15) is 0 Å². The molecule has 14 heavy (non-hydrogen) atoms. The minimum Gasteiger partial charge on any atom is -0.348 e. The summed E-state index contributed by atoms with van der Waals surface area (Å²) >= 11 is 0. The molecule has 0 aliphatic carbocycles. The van der Waals surface area contributed by atoms with Gasteiger partial charge in [0.25, 0.3) is 5.91 Å². The maximum atomic E-state index is 11.3. The van der Waals surface area contributed by atoms with Crippen LogP contribution in [0.15, 0.2) is 23.1 Å². The van der Waals surface area contributed by atoms with Gasteiger partial charge in [-0.1, -0.05) is 12.1 Å². The third-order valence-corrected chi connectivity index (χ3v) is 3.04. The van der Waals surface area contributed by atoms with Crippen molar-refractivity contribution in [1.82, 2.24) is 5.32 Å². The first-order chi connectivity index (χ1) is 6.50. The number of hydrogen-bond donors (Lipinski definition) is 2. The average Bonchev–Trinajstić information content (AvgIpc) is 2.46. The summed E-state index contributed by atoms with van der Waals surface area (Å²) in [5.41, 5.74) is 0.844. The van der Waals surface area contributed by atoms with Crippen molar-refractivity contribution in [2.24, 2.45) is 5.14 Å². The third kappa shape index (κ3) is 1.28. The molecule has 1 aliphatic rings. The van der Waals surface area contributed by atoms with Crippen molar-refractivity contribution in [3.63, 3.8) is 0 Å². The van der Waals surface area contributed by atoms with Crippen molar-refractivity contribution in [2.45, 2.75) is 11.4 Å². The first kappa shape index (κ1) is 9.17. The van der Waals surface area contributed by atoms with E-state index in [1.165, 1.54) is 6.07 Å². The number of amides is 1. The lowest BCUT2D eigenvalue weighted by Crippen LogP contribution is -2.19. The van der Waals surface area contributed by atoms with E-state index >= 15 is 0 Å². The van der Waals surface area contributed by atoms with Crippen LogP contribution in [0.5, 0.6) is 0 Å². The molecule has 2 rings (SSSR count). The van der Waals surface area contributed by atoms with Crippen molar-refractivity contribution in [2.75, 3.05) is 0 Å². The van der Waals surface area contributed by atoms with Gasteiger partial charge in [0, 0.05) is 6.54 Å². The van der Waals surface area contributed by atoms with Crippen LogP contribution in [0.2, 0.25) is 0 Å². The van der Waals surface area contributed by atoms with Crippen LogP contribution >= 0.6 is 0 Å². The summed E-state index contributed by atoms with van der Waals surface area (Å²) in [4.78, 5) is 11.2. The minimum absolute atomic E-state index is 0.106. The van der Waals surface area contributed by atoms with Crippen molar-refractivity contribution >= 4 is 15.9 Å². The summed E-state index contributed by atoms with van der Waals surface area (Å²) < 4.78 is 22.3. The Hall–Kier alpha value is -1.40. The molecule has 0 aromatic heterocycles. The van der Waals surface area contributed by atoms with E-state index in [9.17, 15) is 13.2 Å². The van der Waals surface area contributed by atoms with Crippen LogP contribution in [0.4, 0.5) is 0 Å². The number of nitrogens with two attached hydrogens (primary N) is 1. The molecular weight excluding hydrogens is 204 g/mol. The molecule has 1 aliphatic heterocycles. The quantitative estimate of drug-likeness (QED) is 0.662. The highest BCUT2D eigenvalue weighted by Crippen LogP contribution is 2.22. The maximum absolute atomic E-state index is 11.3. The Balaban J connectivity index is 2.76. The Morgan fingerprint density at radius 2 is 2.07 bits per heavy atom. The highest BCUT2D eigenvalue weighted by Gasteiger charge is 2.26. The smallest absolute Gasteiger partial charge is 0.253 e. The molecule has 3 N–H and O–H groups in total. The standard InChI is InChI=1S/C8H8N2O3S/c9-14(12,13)6-3-1-2-5-4-10-8(11)7(5)6/h1-3H,4H2,(H,10,11)(H2,9,12,13). The zero-order valence-corrected chi connectivity index (χ0v) is 7.97. The van der Waals surface area contributed by atoms with Gasteiger partial charge in [-0.25, -0.2) is 13.6 Å². The molecule has 0 bridgehead atoms. The van der Waals surface area contributed by atoms with Crippen LogP contribution in [-0.2, 0) is 16.6 Å². The number of fused-ring (bicyclic) bond motifs is 1. The van der Waals surface area contributed by atoms with Gasteiger partial charge in [0.1, 0.15) is 0 Å². The van der Waals surface area contributed by atoms with E-state index in [2.05, 4.69) is 5.32 Å².